The maximum atomic E-state index is 14.2. The number of rotatable bonds is 16. The average Bonchev–Trinajstić information content (AvgIpc) is 3.70. The van der Waals surface area contributed by atoms with Crippen molar-refractivity contribution in [3.05, 3.63) is 107 Å². The number of likely N-dealkylation sites (N-methyl/N-ethyl adjacent to an activating group) is 1. The second-order valence-electron chi connectivity index (χ2n) is 16.1. The number of halogens is 3. The lowest BCUT2D eigenvalue weighted by Crippen LogP contribution is -2.45. The highest BCUT2D eigenvalue weighted by Gasteiger charge is 2.38. The molecule has 3 aromatic heterocycles. The zero-order chi connectivity index (χ0) is 44.1. The van der Waals surface area contributed by atoms with Crippen LogP contribution in [0.25, 0.3) is 32.5 Å². The topological polar surface area (TPSA) is 132 Å². The minimum atomic E-state index is -2.74. The van der Waals surface area contributed by atoms with Gasteiger partial charge in [0.05, 0.1) is 33.6 Å². The second-order valence-corrected chi connectivity index (χ2v) is 17.3. The smallest absolute Gasteiger partial charge is 0.345 e. The van der Waals surface area contributed by atoms with E-state index in [9.17, 15) is 18.7 Å². The summed E-state index contributed by atoms with van der Waals surface area (Å²) < 4.78 is 58.2. The van der Waals surface area contributed by atoms with Crippen molar-refractivity contribution in [1.29, 1.82) is 0 Å². The molecule has 8 rings (SSSR count). The summed E-state index contributed by atoms with van der Waals surface area (Å²) >= 11 is 8.25. The van der Waals surface area contributed by atoms with Gasteiger partial charge in [-0.1, -0.05) is 48.0 Å². The largest absolute Gasteiger partial charge is 0.497 e. The van der Waals surface area contributed by atoms with E-state index in [4.69, 9.17) is 35.5 Å². The average molecular weight is 899 g/mol. The summed E-state index contributed by atoms with van der Waals surface area (Å²) in [6.45, 7) is 7.22. The number of methoxy groups -OCH3 is 1. The van der Waals surface area contributed by atoms with Crippen LogP contribution in [0, 0.1) is 6.92 Å². The summed E-state index contributed by atoms with van der Waals surface area (Å²) in [6.07, 6.45) is 2.44. The number of alkyl halides is 2. The number of piperazine rings is 1. The van der Waals surface area contributed by atoms with E-state index in [2.05, 4.69) is 31.2 Å². The third-order valence-electron chi connectivity index (χ3n) is 11.7. The molecule has 0 radical (unpaired) electrons. The fourth-order valence-corrected chi connectivity index (χ4v) is 9.12. The van der Waals surface area contributed by atoms with Crippen molar-refractivity contribution >= 4 is 39.2 Å². The number of carboxylic acids is 1. The molecule has 12 nitrogen and oxygen atoms in total. The predicted octanol–water partition coefficient (Wildman–Crippen LogP) is 9.36. The van der Waals surface area contributed by atoms with Gasteiger partial charge < -0.3 is 29.0 Å². The molecule has 0 spiro atoms. The number of fused-ring (bicyclic) bond motifs is 1. The lowest BCUT2D eigenvalue weighted by molar-refractivity contribution is -0.145. The molecule has 1 aliphatic carbocycles. The van der Waals surface area contributed by atoms with Crippen molar-refractivity contribution in [3.8, 4) is 45.5 Å². The molecule has 0 amide bonds. The normalized spacial score (nSPS) is 17.3. The number of carbonyl (C=O) groups is 1. The number of nitrogens with zero attached hydrogens (tertiary/aromatic N) is 6. The fourth-order valence-electron chi connectivity index (χ4n) is 8.20. The van der Waals surface area contributed by atoms with Crippen molar-refractivity contribution < 1.29 is 37.6 Å². The Labute approximate surface area is 373 Å². The summed E-state index contributed by atoms with van der Waals surface area (Å²) in [6, 6.07) is 20.1. The van der Waals surface area contributed by atoms with Crippen LogP contribution in [-0.4, -0.2) is 106 Å². The standard InChI is InChI=1S/C47H49ClF2N6O6S/c1-29-35(13-14-37(42(29)48)60-23-22-56-20-18-55(2)19-21-56)40-41-39(27-52-43(40)31-9-6-11-34(24-31)59-3)63-54-45(41)62-38(46(57)58)25-30-8-4-5-12-36(30)61-28-33-15-17-51-44(53-33)32-10-7-16-47(49,50)26-32/h4-6,8-9,11-15,17,24,27,32,38H,7,10,16,18-23,25-26,28H2,1-3H3,(H,57,58). The van der Waals surface area contributed by atoms with E-state index < -0.39 is 23.9 Å². The summed E-state index contributed by atoms with van der Waals surface area (Å²) in [5.41, 5.74) is 4.64. The number of pyridine rings is 1. The van der Waals surface area contributed by atoms with Gasteiger partial charge >= 0.3 is 5.97 Å². The lowest BCUT2D eigenvalue weighted by atomic mass is 9.86. The number of ether oxygens (including phenoxy) is 4. The molecule has 1 aliphatic heterocycles. The zero-order valence-corrected chi connectivity index (χ0v) is 36.9. The van der Waals surface area contributed by atoms with E-state index in [0.29, 0.717) is 80.1 Å². The molecule has 2 atom stereocenters. The summed E-state index contributed by atoms with van der Waals surface area (Å²) in [4.78, 5) is 31.5. The van der Waals surface area contributed by atoms with Crippen LogP contribution in [-0.2, 0) is 17.8 Å². The molecule has 16 heteroatoms. The Morgan fingerprint density at radius 3 is 2.65 bits per heavy atom. The Hall–Kier alpha value is -5.48. The van der Waals surface area contributed by atoms with Crippen LogP contribution in [0.2, 0.25) is 5.02 Å². The Bertz CT molecular complexity index is 2570. The molecule has 1 saturated carbocycles. The van der Waals surface area contributed by atoms with Crippen molar-refractivity contribution in [2.75, 3.05) is 53.5 Å². The molecule has 1 N–H and O–H groups in total. The van der Waals surface area contributed by atoms with Gasteiger partial charge in [0, 0.05) is 81.4 Å². The first kappa shape index (κ1) is 44.1. The van der Waals surface area contributed by atoms with Gasteiger partial charge in [-0.25, -0.2) is 23.5 Å². The third kappa shape index (κ3) is 10.3. The van der Waals surface area contributed by atoms with Gasteiger partial charge in [-0.3, -0.25) is 9.88 Å². The SMILES string of the molecule is COc1cccc(-c2ncc3snc(OC(Cc4ccccc4OCc4ccnc(C5CCCC(F)(F)C5)n4)C(=O)O)c3c2-c2ccc(OCCN3CCN(C)CC3)c(Cl)c2C)c1. The number of hydrogen-bond donors (Lipinski definition) is 1. The van der Waals surface area contributed by atoms with Gasteiger partial charge in [-0.2, -0.15) is 4.37 Å². The van der Waals surface area contributed by atoms with E-state index in [1.54, 1.807) is 49.8 Å². The Balaban J connectivity index is 1.08. The molecule has 2 unspecified atom stereocenters. The maximum Gasteiger partial charge on any atom is 0.345 e. The molecule has 330 valence electrons. The first-order chi connectivity index (χ1) is 30.5. The monoisotopic (exact) mass is 898 g/mol. The van der Waals surface area contributed by atoms with Crippen molar-refractivity contribution in [1.82, 2.24) is 29.1 Å². The quantitative estimate of drug-likeness (QED) is 0.0993. The van der Waals surface area contributed by atoms with Crippen LogP contribution in [0.4, 0.5) is 8.78 Å². The van der Waals surface area contributed by atoms with Gasteiger partial charge in [-0.15, -0.1) is 0 Å². The third-order valence-corrected chi connectivity index (χ3v) is 13.0. The zero-order valence-electron chi connectivity index (χ0n) is 35.4. The highest BCUT2D eigenvalue weighted by Crippen LogP contribution is 2.47. The molecular weight excluding hydrogens is 850 g/mol. The number of para-hydroxylation sites is 1. The Morgan fingerprint density at radius 2 is 1.86 bits per heavy atom. The van der Waals surface area contributed by atoms with Gasteiger partial charge in [-0.05, 0) is 85.4 Å². The molecule has 3 aromatic carbocycles. The molecule has 6 aromatic rings. The lowest BCUT2D eigenvalue weighted by Gasteiger charge is -2.32. The molecule has 1 saturated heterocycles. The Morgan fingerprint density at radius 1 is 1.03 bits per heavy atom. The molecule has 2 fully saturated rings. The van der Waals surface area contributed by atoms with Crippen molar-refractivity contribution in [2.45, 2.75) is 63.6 Å². The van der Waals surface area contributed by atoms with Crippen LogP contribution in [0.5, 0.6) is 23.1 Å². The van der Waals surface area contributed by atoms with E-state index >= 15 is 0 Å². The van der Waals surface area contributed by atoms with Gasteiger partial charge in [0.15, 0.2) is 0 Å². The molecule has 2 aliphatic rings. The number of benzene rings is 3. The summed E-state index contributed by atoms with van der Waals surface area (Å²) in [5, 5.41) is 11.7. The number of hydrogen-bond acceptors (Lipinski definition) is 12. The highest BCUT2D eigenvalue weighted by molar-refractivity contribution is 7.13. The van der Waals surface area contributed by atoms with Crippen LogP contribution in [0.3, 0.4) is 0 Å². The number of aromatic nitrogens is 4. The van der Waals surface area contributed by atoms with Crippen molar-refractivity contribution in [3.63, 3.8) is 0 Å². The van der Waals surface area contributed by atoms with Gasteiger partial charge in [0.25, 0.3) is 0 Å². The molecule has 4 heterocycles. The predicted molar refractivity (Wildman–Crippen MR) is 239 cm³/mol. The van der Waals surface area contributed by atoms with Crippen molar-refractivity contribution in [2.24, 2.45) is 0 Å². The second kappa shape index (κ2) is 19.5. The first-order valence-electron chi connectivity index (χ1n) is 21.0. The summed E-state index contributed by atoms with van der Waals surface area (Å²) in [7, 11) is 3.73. The van der Waals surface area contributed by atoms with Gasteiger partial charge in [0.1, 0.15) is 36.3 Å². The van der Waals surface area contributed by atoms with Crippen LogP contribution in [0.1, 0.15) is 54.2 Å². The molecule has 0 bridgehead atoms. The number of carboxylic acid groups (broad SMARTS) is 1. The number of aliphatic carboxylic acids is 1. The maximum absolute atomic E-state index is 14.2. The van der Waals surface area contributed by atoms with E-state index in [-0.39, 0.29) is 31.7 Å². The first-order valence-corrected chi connectivity index (χ1v) is 22.2. The van der Waals surface area contributed by atoms with E-state index in [0.717, 1.165) is 60.9 Å². The fraction of sp³-hybridized carbons (Fsp3) is 0.383. The Kier molecular flexibility index (Phi) is 13.7. The highest BCUT2D eigenvalue weighted by atomic mass is 35.5. The van der Waals surface area contributed by atoms with E-state index in [1.807, 2.05) is 43.3 Å². The minimum Gasteiger partial charge on any atom is -0.497 e. The minimum absolute atomic E-state index is 0.0242. The van der Waals surface area contributed by atoms with Crippen LogP contribution < -0.4 is 18.9 Å². The van der Waals surface area contributed by atoms with Crippen LogP contribution in [0.15, 0.2) is 79.1 Å². The molecule has 63 heavy (non-hydrogen) atoms. The molecular formula is C47H49ClF2N6O6S. The summed E-state index contributed by atoms with van der Waals surface area (Å²) in [5.74, 6) is -2.22. The van der Waals surface area contributed by atoms with E-state index in [1.165, 1.54) is 0 Å². The van der Waals surface area contributed by atoms with Crippen LogP contribution >= 0.6 is 23.1 Å². The van der Waals surface area contributed by atoms with Gasteiger partial charge in [0.2, 0.25) is 17.9 Å².